The molecule has 0 aliphatic rings. The SMILES string of the molecule is CCCCn1c(SC(C)C(=O)Nc2cccc(F)c2)nnc1C(CC)N(C)C. The molecular weight excluding hydrogens is 377 g/mol. The maximum Gasteiger partial charge on any atom is 0.237 e. The highest BCUT2D eigenvalue weighted by molar-refractivity contribution is 8.00. The summed E-state index contributed by atoms with van der Waals surface area (Å²) < 4.78 is 15.5. The van der Waals surface area contributed by atoms with Gasteiger partial charge in [0, 0.05) is 12.2 Å². The lowest BCUT2D eigenvalue weighted by Gasteiger charge is -2.23. The molecule has 1 N–H and O–H groups in total. The van der Waals surface area contributed by atoms with Gasteiger partial charge in [-0.2, -0.15) is 0 Å². The smallest absolute Gasteiger partial charge is 0.237 e. The second-order valence-corrected chi connectivity index (χ2v) is 8.30. The summed E-state index contributed by atoms with van der Waals surface area (Å²) in [6.07, 6.45) is 3.01. The number of thioether (sulfide) groups is 1. The predicted octanol–water partition coefficient (Wildman–Crippen LogP) is 4.35. The predicted molar refractivity (Wildman–Crippen MR) is 112 cm³/mol. The lowest BCUT2D eigenvalue weighted by molar-refractivity contribution is -0.115. The first-order valence-corrected chi connectivity index (χ1v) is 10.6. The maximum absolute atomic E-state index is 13.3. The Kier molecular flexibility index (Phi) is 8.44. The van der Waals surface area contributed by atoms with Crippen LogP contribution in [0.25, 0.3) is 0 Å². The monoisotopic (exact) mass is 407 g/mol. The standard InChI is InChI=1S/C20H30FN5OS/c1-6-8-12-26-18(17(7-2)25(4)5)23-24-20(26)28-14(3)19(27)22-16-11-9-10-15(21)13-16/h9-11,13-14,17H,6-8,12H2,1-5H3,(H,22,27). The van der Waals surface area contributed by atoms with E-state index in [1.807, 2.05) is 21.0 Å². The summed E-state index contributed by atoms with van der Waals surface area (Å²) in [5.41, 5.74) is 0.448. The zero-order chi connectivity index (χ0) is 20.7. The summed E-state index contributed by atoms with van der Waals surface area (Å²) in [6.45, 7) is 6.92. The quantitative estimate of drug-likeness (QED) is 0.593. The van der Waals surface area contributed by atoms with Crippen LogP contribution in [0, 0.1) is 5.82 Å². The number of amides is 1. The Hall–Kier alpha value is -1.93. The summed E-state index contributed by atoms with van der Waals surface area (Å²) in [5, 5.41) is 11.9. The van der Waals surface area contributed by atoms with E-state index in [-0.39, 0.29) is 23.0 Å². The second kappa shape index (κ2) is 10.6. The molecule has 2 aromatic rings. The normalized spacial score (nSPS) is 13.5. The second-order valence-electron chi connectivity index (χ2n) is 6.99. The third-order valence-corrected chi connectivity index (χ3v) is 5.61. The molecule has 0 aliphatic carbocycles. The Morgan fingerprint density at radius 1 is 1.32 bits per heavy atom. The number of carbonyl (C=O) groups is 1. The van der Waals surface area contributed by atoms with Gasteiger partial charge in [-0.1, -0.05) is 38.1 Å². The largest absolute Gasteiger partial charge is 0.325 e. The summed E-state index contributed by atoms with van der Waals surface area (Å²) in [6, 6.07) is 6.07. The minimum atomic E-state index is -0.389. The fourth-order valence-corrected chi connectivity index (χ4v) is 3.84. The average Bonchev–Trinajstić information content (AvgIpc) is 3.02. The van der Waals surface area contributed by atoms with Crippen molar-refractivity contribution in [3.63, 3.8) is 0 Å². The van der Waals surface area contributed by atoms with Gasteiger partial charge >= 0.3 is 0 Å². The minimum Gasteiger partial charge on any atom is -0.325 e. The number of aromatic nitrogens is 3. The number of hydrogen-bond donors (Lipinski definition) is 1. The molecule has 0 saturated heterocycles. The van der Waals surface area contributed by atoms with Gasteiger partial charge in [-0.25, -0.2) is 4.39 Å². The molecule has 0 radical (unpaired) electrons. The third kappa shape index (κ3) is 5.78. The van der Waals surface area contributed by atoms with Crippen LogP contribution in [0.5, 0.6) is 0 Å². The van der Waals surface area contributed by atoms with Crippen molar-refractivity contribution in [3.8, 4) is 0 Å². The summed E-state index contributed by atoms with van der Waals surface area (Å²) in [4.78, 5) is 14.7. The van der Waals surface area contributed by atoms with E-state index in [1.165, 1.54) is 23.9 Å². The van der Waals surface area contributed by atoms with Crippen molar-refractivity contribution in [2.75, 3.05) is 19.4 Å². The number of nitrogens with zero attached hydrogens (tertiary/aromatic N) is 4. The molecule has 1 heterocycles. The Bertz CT molecular complexity index is 780. The van der Waals surface area contributed by atoms with Crippen LogP contribution >= 0.6 is 11.8 Å². The molecule has 0 saturated carbocycles. The molecule has 2 rings (SSSR count). The van der Waals surface area contributed by atoms with Gasteiger partial charge in [0.25, 0.3) is 0 Å². The van der Waals surface area contributed by atoms with E-state index in [2.05, 4.69) is 38.8 Å². The lowest BCUT2D eigenvalue weighted by atomic mass is 10.2. The van der Waals surface area contributed by atoms with E-state index < -0.39 is 0 Å². The number of benzene rings is 1. The number of hydrogen-bond acceptors (Lipinski definition) is 5. The highest BCUT2D eigenvalue weighted by atomic mass is 32.2. The average molecular weight is 408 g/mol. The van der Waals surface area contributed by atoms with Crippen LogP contribution in [0.2, 0.25) is 0 Å². The number of anilines is 1. The molecule has 0 spiro atoms. The number of carbonyl (C=O) groups excluding carboxylic acids is 1. The van der Waals surface area contributed by atoms with Gasteiger partial charge in [-0.15, -0.1) is 10.2 Å². The summed E-state index contributed by atoms with van der Waals surface area (Å²) >= 11 is 1.38. The van der Waals surface area contributed by atoms with Gasteiger partial charge in [-0.05, 0) is 52.1 Å². The third-order valence-electron chi connectivity index (χ3n) is 4.53. The Morgan fingerprint density at radius 2 is 2.07 bits per heavy atom. The van der Waals surface area contributed by atoms with Crippen molar-refractivity contribution >= 4 is 23.4 Å². The van der Waals surface area contributed by atoms with E-state index in [4.69, 9.17) is 0 Å². The van der Waals surface area contributed by atoms with Crippen molar-refractivity contribution < 1.29 is 9.18 Å². The topological polar surface area (TPSA) is 63.1 Å². The van der Waals surface area contributed by atoms with E-state index in [0.29, 0.717) is 5.69 Å². The molecule has 1 aromatic heterocycles. The summed E-state index contributed by atoms with van der Waals surface area (Å²) in [7, 11) is 4.07. The van der Waals surface area contributed by atoms with Crippen LogP contribution in [0.3, 0.4) is 0 Å². The molecule has 154 valence electrons. The molecular formula is C20H30FN5OS. The molecule has 8 heteroatoms. The van der Waals surface area contributed by atoms with E-state index >= 15 is 0 Å². The molecule has 1 aromatic carbocycles. The van der Waals surface area contributed by atoms with Gasteiger partial charge in [0.1, 0.15) is 5.82 Å². The zero-order valence-electron chi connectivity index (χ0n) is 17.3. The van der Waals surface area contributed by atoms with Gasteiger partial charge < -0.3 is 9.88 Å². The van der Waals surface area contributed by atoms with E-state index in [0.717, 1.165) is 36.8 Å². The molecule has 28 heavy (non-hydrogen) atoms. The van der Waals surface area contributed by atoms with Crippen LogP contribution in [-0.2, 0) is 11.3 Å². The number of rotatable bonds is 10. The van der Waals surface area contributed by atoms with Crippen LogP contribution in [0.4, 0.5) is 10.1 Å². The number of nitrogens with one attached hydrogen (secondary N) is 1. The van der Waals surface area contributed by atoms with Crippen molar-refractivity contribution in [2.24, 2.45) is 0 Å². The maximum atomic E-state index is 13.3. The molecule has 2 atom stereocenters. The fourth-order valence-electron chi connectivity index (χ4n) is 2.96. The van der Waals surface area contributed by atoms with Crippen molar-refractivity contribution in [1.82, 2.24) is 19.7 Å². The van der Waals surface area contributed by atoms with Crippen LogP contribution in [0.1, 0.15) is 51.9 Å². The first-order chi connectivity index (χ1) is 13.4. The van der Waals surface area contributed by atoms with E-state index in [1.54, 1.807) is 12.1 Å². The molecule has 0 fully saturated rings. The van der Waals surface area contributed by atoms with Crippen LogP contribution < -0.4 is 5.32 Å². The highest BCUT2D eigenvalue weighted by Crippen LogP contribution is 2.28. The van der Waals surface area contributed by atoms with E-state index in [9.17, 15) is 9.18 Å². The zero-order valence-corrected chi connectivity index (χ0v) is 18.1. The molecule has 0 aliphatic heterocycles. The van der Waals surface area contributed by atoms with Crippen molar-refractivity contribution in [3.05, 3.63) is 35.9 Å². The van der Waals surface area contributed by atoms with Crippen molar-refractivity contribution in [2.45, 2.75) is 63.0 Å². The Labute approximate surface area is 170 Å². The molecule has 6 nitrogen and oxygen atoms in total. The first-order valence-electron chi connectivity index (χ1n) is 9.69. The summed E-state index contributed by atoms with van der Waals surface area (Å²) in [5.74, 6) is 0.361. The Morgan fingerprint density at radius 3 is 2.68 bits per heavy atom. The lowest BCUT2D eigenvalue weighted by Crippen LogP contribution is -2.24. The Balaban J connectivity index is 2.16. The van der Waals surface area contributed by atoms with Gasteiger partial charge in [-0.3, -0.25) is 9.69 Å². The number of unbranched alkanes of at least 4 members (excludes halogenated alkanes) is 1. The minimum absolute atomic E-state index is 0.176. The highest BCUT2D eigenvalue weighted by Gasteiger charge is 2.24. The molecule has 1 amide bonds. The van der Waals surface area contributed by atoms with Gasteiger partial charge in [0.15, 0.2) is 11.0 Å². The number of halogens is 1. The van der Waals surface area contributed by atoms with Crippen molar-refractivity contribution in [1.29, 1.82) is 0 Å². The molecule has 0 bridgehead atoms. The van der Waals surface area contributed by atoms with Gasteiger partial charge in [0.2, 0.25) is 5.91 Å². The van der Waals surface area contributed by atoms with Crippen LogP contribution in [0.15, 0.2) is 29.4 Å². The molecule has 2 unspecified atom stereocenters. The van der Waals surface area contributed by atoms with Crippen LogP contribution in [-0.4, -0.2) is 44.9 Å². The fraction of sp³-hybridized carbons (Fsp3) is 0.550. The van der Waals surface area contributed by atoms with Gasteiger partial charge in [0.05, 0.1) is 11.3 Å². The first kappa shape index (κ1) is 22.4.